The maximum absolute atomic E-state index is 12.0. The molecule has 1 aliphatic heterocycles. The lowest BCUT2D eigenvalue weighted by atomic mass is 10.2. The van der Waals surface area contributed by atoms with Gasteiger partial charge in [-0.05, 0) is 25.1 Å². The van der Waals surface area contributed by atoms with Crippen LogP contribution in [0.2, 0.25) is 0 Å². The molecule has 1 unspecified atom stereocenters. The molecule has 1 fully saturated rings. The van der Waals surface area contributed by atoms with E-state index in [2.05, 4.69) is 21.2 Å². The molecule has 0 aromatic heterocycles. The maximum Gasteiger partial charge on any atom is 0.261 e. The van der Waals surface area contributed by atoms with E-state index in [0.717, 1.165) is 4.47 Å². The summed E-state index contributed by atoms with van der Waals surface area (Å²) < 4.78 is 6.19. The first-order chi connectivity index (χ1) is 9.47. The Hall–Kier alpha value is -1.89. The quantitative estimate of drug-likeness (QED) is 0.822. The molecule has 1 heterocycles. The first kappa shape index (κ1) is 14.5. The third kappa shape index (κ3) is 3.36. The Morgan fingerprint density at radius 1 is 1.50 bits per heavy atom. The second kappa shape index (κ2) is 6.04. The molecular weight excluding hydrogens is 328 g/mol. The van der Waals surface area contributed by atoms with Crippen molar-refractivity contribution < 1.29 is 19.1 Å². The van der Waals surface area contributed by atoms with Gasteiger partial charge in [0.2, 0.25) is 11.8 Å². The molecule has 7 heteroatoms. The molecule has 1 aliphatic rings. The third-order valence-electron chi connectivity index (χ3n) is 2.90. The van der Waals surface area contributed by atoms with E-state index in [1.54, 1.807) is 25.1 Å². The number of hydrogen-bond donors (Lipinski definition) is 1. The van der Waals surface area contributed by atoms with E-state index in [0.29, 0.717) is 5.75 Å². The van der Waals surface area contributed by atoms with Crippen LogP contribution in [-0.2, 0) is 14.4 Å². The van der Waals surface area contributed by atoms with Gasteiger partial charge in [0, 0.05) is 4.47 Å². The highest BCUT2D eigenvalue weighted by atomic mass is 79.9. The fourth-order valence-corrected chi connectivity index (χ4v) is 2.18. The summed E-state index contributed by atoms with van der Waals surface area (Å²) in [7, 11) is 0. The smallest absolute Gasteiger partial charge is 0.261 e. The number of amides is 3. The minimum absolute atomic E-state index is 0.131. The second-order valence-corrected chi connectivity index (χ2v) is 5.27. The topological polar surface area (TPSA) is 75.7 Å². The van der Waals surface area contributed by atoms with E-state index in [4.69, 9.17) is 4.74 Å². The molecule has 1 atom stereocenters. The van der Waals surface area contributed by atoms with Gasteiger partial charge in [-0.2, -0.15) is 0 Å². The Balaban J connectivity index is 1.97. The van der Waals surface area contributed by atoms with Crippen molar-refractivity contribution in [3.63, 3.8) is 0 Å². The number of imide groups is 1. The SMILES string of the molecule is CC1C(=O)NC(=O)CN1C(=O)COc1cccc(Br)c1. The number of ether oxygens (including phenoxy) is 1. The highest BCUT2D eigenvalue weighted by Crippen LogP contribution is 2.18. The summed E-state index contributed by atoms with van der Waals surface area (Å²) in [5, 5.41) is 2.18. The van der Waals surface area contributed by atoms with Gasteiger partial charge < -0.3 is 9.64 Å². The monoisotopic (exact) mass is 340 g/mol. The first-order valence-corrected chi connectivity index (χ1v) is 6.78. The number of carbonyl (C=O) groups is 3. The largest absolute Gasteiger partial charge is 0.484 e. The van der Waals surface area contributed by atoms with E-state index in [-0.39, 0.29) is 13.2 Å². The lowest BCUT2D eigenvalue weighted by Crippen LogP contribution is -2.59. The number of halogens is 1. The predicted molar refractivity (Wildman–Crippen MR) is 74.0 cm³/mol. The van der Waals surface area contributed by atoms with E-state index in [1.165, 1.54) is 4.90 Å². The summed E-state index contributed by atoms with van der Waals surface area (Å²) in [6, 6.07) is 6.39. The van der Waals surface area contributed by atoms with Gasteiger partial charge in [-0.15, -0.1) is 0 Å². The van der Waals surface area contributed by atoms with Crippen molar-refractivity contribution in [3.8, 4) is 5.75 Å². The second-order valence-electron chi connectivity index (χ2n) is 4.36. The molecule has 0 bridgehead atoms. The van der Waals surface area contributed by atoms with Gasteiger partial charge in [-0.25, -0.2) is 0 Å². The number of nitrogens with zero attached hydrogens (tertiary/aromatic N) is 1. The number of piperazine rings is 1. The molecule has 0 radical (unpaired) electrons. The van der Waals surface area contributed by atoms with Crippen LogP contribution < -0.4 is 10.1 Å². The van der Waals surface area contributed by atoms with Crippen LogP contribution in [0.4, 0.5) is 0 Å². The van der Waals surface area contributed by atoms with Crippen LogP contribution in [-0.4, -0.2) is 41.8 Å². The fraction of sp³-hybridized carbons (Fsp3) is 0.308. The predicted octanol–water partition coefficient (Wildman–Crippen LogP) is 0.701. The molecule has 0 saturated carbocycles. The minimum atomic E-state index is -0.675. The molecular formula is C13H13BrN2O4. The average molecular weight is 341 g/mol. The number of benzene rings is 1. The standard InChI is InChI=1S/C13H13BrN2O4/c1-8-13(19)15-11(17)6-16(8)12(18)7-20-10-4-2-3-9(14)5-10/h2-5,8H,6-7H2,1H3,(H,15,17,19). The van der Waals surface area contributed by atoms with Crippen LogP contribution >= 0.6 is 15.9 Å². The summed E-state index contributed by atoms with van der Waals surface area (Å²) in [6.45, 7) is 1.22. The van der Waals surface area contributed by atoms with Crippen molar-refractivity contribution in [2.75, 3.05) is 13.2 Å². The number of hydrogen-bond acceptors (Lipinski definition) is 4. The molecule has 1 aromatic rings. The molecule has 2 rings (SSSR count). The molecule has 1 aromatic carbocycles. The minimum Gasteiger partial charge on any atom is -0.484 e. The van der Waals surface area contributed by atoms with Crippen LogP contribution in [0.1, 0.15) is 6.92 Å². The Bertz CT molecular complexity index is 561. The number of carbonyl (C=O) groups excluding carboxylic acids is 3. The molecule has 1 N–H and O–H groups in total. The van der Waals surface area contributed by atoms with Gasteiger partial charge in [0.15, 0.2) is 6.61 Å². The zero-order valence-corrected chi connectivity index (χ0v) is 12.3. The van der Waals surface area contributed by atoms with Crippen molar-refractivity contribution in [2.45, 2.75) is 13.0 Å². The van der Waals surface area contributed by atoms with Gasteiger partial charge >= 0.3 is 0 Å². The normalized spacial score (nSPS) is 18.7. The Morgan fingerprint density at radius 2 is 2.25 bits per heavy atom. The van der Waals surface area contributed by atoms with E-state index < -0.39 is 23.8 Å². The molecule has 20 heavy (non-hydrogen) atoms. The summed E-state index contributed by atoms with van der Waals surface area (Å²) in [5.41, 5.74) is 0. The Kier molecular flexibility index (Phi) is 4.39. The zero-order chi connectivity index (χ0) is 14.7. The Labute approximate surface area is 124 Å². The number of nitrogens with one attached hydrogen (secondary N) is 1. The lowest BCUT2D eigenvalue weighted by molar-refractivity contribution is -0.150. The van der Waals surface area contributed by atoms with Crippen molar-refractivity contribution in [2.24, 2.45) is 0 Å². The van der Waals surface area contributed by atoms with Crippen LogP contribution in [0.15, 0.2) is 28.7 Å². The molecule has 0 spiro atoms. The van der Waals surface area contributed by atoms with Crippen molar-refractivity contribution in [1.29, 1.82) is 0 Å². The van der Waals surface area contributed by atoms with E-state index >= 15 is 0 Å². The maximum atomic E-state index is 12.0. The van der Waals surface area contributed by atoms with Crippen molar-refractivity contribution >= 4 is 33.7 Å². The van der Waals surface area contributed by atoms with Crippen LogP contribution in [0.25, 0.3) is 0 Å². The van der Waals surface area contributed by atoms with Crippen molar-refractivity contribution in [1.82, 2.24) is 10.2 Å². The zero-order valence-electron chi connectivity index (χ0n) is 10.8. The summed E-state index contributed by atoms with van der Waals surface area (Å²) in [4.78, 5) is 36.0. The molecule has 1 saturated heterocycles. The van der Waals surface area contributed by atoms with Gasteiger partial charge in [-0.3, -0.25) is 19.7 Å². The molecule has 106 valence electrons. The summed E-state index contributed by atoms with van der Waals surface area (Å²) >= 11 is 3.30. The van der Waals surface area contributed by atoms with Gasteiger partial charge in [0.1, 0.15) is 18.3 Å². The fourth-order valence-electron chi connectivity index (χ4n) is 1.80. The Morgan fingerprint density at radius 3 is 2.95 bits per heavy atom. The van der Waals surface area contributed by atoms with E-state index in [1.807, 2.05) is 6.07 Å². The number of rotatable bonds is 3. The van der Waals surface area contributed by atoms with Crippen LogP contribution in [0, 0.1) is 0 Å². The van der Waals surface area contributed by atoms with Crippen LogP contribution in [0.3, 0.4) is 0 Å². The van der Waals surface area contributed by atoms with Crippen LogP contribution in [0.5, 0.6) is 5.75 Å². The van der Waals surface area contributed by atoms with E-state index in [9.17, 15) is 14.4 Å². The van der Waals surface area contributed by atoms with Crippen molar-refractivity contribution in [3.05, 3.63) is 28.7 Å². The first-order valence-electron chi connectivity index (χ1n) is 5.99. The highest BCUT2D eigenvalue weighted by Gasteiger charge is 2.33. The molecule has 6 nitrogen and oxygen atoms in total. The summed E-state index contributed by atoms with van der Waals surface area (Å²) in [5.74, 6) is -0.824. The highest BCUT2D eigenvalue weighted by molar-refractivity contribution is 9.10. The van der Waals surface area contributed by atoms with Gasteiger partial charge in [0.05, 0.1) is 0 Å². The molecule has 0 aliphatic carbocycles. The molecule has 3 amide bonds. The summed E-state index contributed by atoms with van der Waals surface area (Å²) in [6.07, 6.45) is 0. The van der Waals surface area contributed by atoms with Gasteiger partial charge in [-0.1, -0.05) is 22.0 Å². The lowest BCUT2D eigenvalue weighted by Gasteiger charge is -2.31. The third-order valence-corrected chi connectivity index (χ3v) is 3.40. The average Bonchev–Trinajstić information content (AvgIpc) is 2.40. The van der Waals surface area contributed by atoms with Gasteiger partial charge in [0.25, 0.3) is 5.91 Å².